The molecule has 2 aliphatic rings. The molecule has 132 valence electrons. The Morgan fingerprint density at radius 2 is 2.08 bits per heavy atom. The van der Waals surface area contributed by atoms with Crippen molar-refractivity contribution < 1.29 is 13.9 Å². The van der Waals surface area contributed by atoms with Crippen LogP contribution in [0.1, 0.15) is 30.9 Å². The molecule has 2 fully saturated rings. The minimum absolute atomic E-state index is 0.0952. The Bertz CT molecular complexity index is 563. The van der Waals surface area contributed by atoms with Crippen LogP contribution in [0.4, 0.5) is 4.39 Å². The molecular weight excluding hydrogens is 309 g/mol. The number of nitrogens with zero attached hydrogens (tertiary/aromatic N) is 1. The molecule has 1 aromatic rings. The summed E-state index contributed by atoms with van der Waals surface area (Å²) in [5, 5.41) is 3.13. The van der Waals surface area contributed by atoms with Crippen LogP contribution in [-0.2, 0) is 9.53 Å². The van der Waals surface area contributed by atoms with E-state index in [1.807, 2.05) is 4.90 Å². The fraction of sp³-hybridized carbons (Fsp3) is 0.611. The molecule has 3 N–H and O–H groups in total. The number of rotatable bonds is 5. The molecule has 1 amide bonds. The van der Waals surface area contributed by atoms with Crippen molar-refractivity contribution in [3.63, 3.8) is 0 Å². The number of morpholine rings is 1. The lowest BCUT2D eigenvalue weighted by atomic mass is 10.00. The van der Waals surface area contributed by atoms with Crippen LogP contribution in [0.15, 0.2) is 24.3 Å². The van der Waals surface area contributed by atoms with Gasteiger partial charge in [-0.25, -0.2) is 4.39 Å². The monoisotopic (exact) mass is 335 g/mol. The molecule has 1 aliphatic heterocycles. The number of carbonyl (C=O) groups is 1. The number of nitrogens with one attached hydrogen (secondary N) is 1. The van der Waals surface area contributed by atoms with Gasteiger partial charge in [0.15, 0.2) is 0 Å². The predicted octanol–water partition coefficient (Wildman–Crippen LogP) is 1.44. The van der Waals surface area contributed by atoms with Crippen LogP contribution in [0.25, 0.3) is 0 Å². The van der Waals surface area contributed by atoms with Gasteiger partial charge in [0.25, 0.3) is 0 Å². The van der Waals surface area contributed by atoms with Crippen LogP contribution in [0.3, 0.4) is 0 Å². The highest BCUT2D eigenvalue weighted by Gasteiger charge is 2.34. The second kappa shape index (κ2) is 8.05. The normalized spacial score (nSPS) is 26.2. The Morgan fingerprint density at radius 1 is 1.33 bits per heavy atom. The van der Waals surface area contributed by atoms with E-state index in [9.17, 15) is 9.18 Å². The van der Waals surface area contributed by atoms with Crippen LogP contribution in [0.5, 0.6) is 0 Å². The maximum absolute atomic E-state index is 14.4. The minimum atomic E-state index is -0.617. The van der Waals surface area contributed by atoms with Crippen molar-refractivity contribution >= 4 is 5.91 Å². The molecular formula is C18H26FN3O2. The van der Waals surface area contributed by atoms with Crippen molar-refractivity contribution in [2.45, 2.75) is 31.3 Å². The highest BCUT2D eigenvalue weighted by atomic mass is 19.1. The van der Waals surface area contributed by atoms with Crippen molar-refractivity contribution in [2.75, 3.05) is 32.8 Å². The van der Waals surface area contributed by atoms with E-state index >= 15 is 0 Å². The third-order valence-corrected chi connectivity index (χ3v) is 5.15. The molecule has 1 aromatic carbocycles. The Labute approximate surface area is 142 Å². The SMILES string of the molecule is NC[C@@H]1CCC[C@@H]1NC(=O)[C@@H](c1ccccc1F)N1CCOCC1. The lowest BCUT2D eigenvalue weighted by Gasteiger charge is -2.35. The molecule has 0 spiro atoms. The predicted molar refractivity (Wildman–Crippen MR) is 89.9 cm³/mol. The summed E-state index contributed by atoms with van der Waals surface area (Å²) >= 11 is 0. The maximum atomic E-state index is 14.4. The molecule has 5 nitrogen and oxygen atoms in total. The first-order chi connectivity index (χ1) is 11.7. The molecule has 3 rings (SSSR count). The lowest BCUT2D eigenvalue weighted by molar-refractivity contribution is -0.129. The molecule has 0 radical (unpaired) electrons. The largest absolute Gasteiger partial charge is 0.379 e. The van der Waals surface area contributed by atoms with Crippen molar-refractivity contribution in [1.29, 1.82) is 0 Å². The molecule has 0 aromatic heterocycles. The fourth-order valence-corrected chi connectivity index (χ4v) is 3.81. The van der Waals surface area contributed by atoms with Crippen molar-refractivity contribution in [1.82, 2.24) is 10.2 Å². The maximum Gasteiger partial charge on any atom is 0.242 e. The van der Waals surface area contributed by atoms with Gasteiger partial charge in [0, 0.05) is 24.7 Å². The molecule has 1 heterocycles. The van der Waals surface area contributed by atoms with E-state index in [2.05, 4.69) is 5.32 Å². The second-order valence-corrected chi connectivity index (χ2v) is 6.61. The van der Waals surface area contributed by atoms with Gasteiger partial charge in [-0.15, -0.1) is 0 Å². The van der Waals surface area contributed by atoms with Crippen LogP contribution in [0, 0.1) is 11.7 Å². The number of nitrogens with two attached hydrogens (primary N) is 1. The average Bonchev–Trinajstić information content (AvgIpc) is 3.05. The zero-order valence-corrected chi connectivity index (χ0v) is 13.9. The van der Waals surface area contributed by atoms with E-state index in [0.717, 1.165) is 19.3 Å². The van der Waals surface area contributed by atoms with Gasteiger partial charge in [-0.3, -0.25) is 9.69 Å². The first-order valence-corrected chi connectivity index (χ1v) is 8.77. The summed E-state index contributed by atoms with van der Waals surface area (Å²) in [7, 11) is 0. The summed E-state index contributed by atoms with van der Waals surface area (Å²) in [6, 6.07) is 6.01. The van der Waals surface area contributed by atoms with E-state index in [1.165, 1.54) is 6.07 Å². The molecule has 1 saturated carbocycles. The van der Waals surface area contributed by atoms with Crippen molar-refractivity contribution in [3.05, 3.63) is 35.6 Å². The average molecular weight is 335 g/mol. The fourth-order valence-electron chi connectivity index (χ4n) is 3.81. The Kier molecular flexibility index (Phi) is 5.81. The zero-order chi connectivity index (χ0) is 16.9. The first-order valence-electron chi connectivity index (χ1n) is 8.77. The number of amides is 1. The molecule has 0 bridgehead atoms. The number of hydrogen-bond donors (Lipinski definition) is 2. The molecule has 0 unspecified atom stereocenters. The standard InChI is InChI=1S/C18H26FN3O2/c19-15-6-2-1-5-14(15)17(22-8-10-24-11-9-22)18(23)21-16-7-3-4-13(16)12-20/h1-2,5-6,13,16-17H,3-4,7-12,20H2,(H,21,23)/t13-,16-,17+/m0/s1. The van der Waals surface area contributed by atoms with Gasteiger partial charge in [0.05, 0.1) is 13.2 Å². The minimum Gasteiger partial charge on any atom is -0.379 e. The van der Waals surface area contributed by atoms with Crippen molar-refractivity contribution in [2.24, 2.45) is 11.7 Å². The van der Waals surface area contributed by atoms with Crippen LogP contribution in [-0.4, -0.2) is 49.7 Å². The Morgan fingerprint density at radius 3 is 2.79 bits per heavy atom. The lowest BCUT2D eigenvalue weighted by Crippen LogP contribution is -2.49. The number of carbonyl (C=O) groups excluding carboxylic acids is 1. The summed E-state index contributed by atoms with van der Waals surface area (Å²) in [5.41, 5.74) is 6.25. The zero-order valence-electron chi connectivity index (χ0n) is 13.9. The quantitative estimate of drug-likeness (QED) is 0.854. The van der Waals surface area contributed by atoms with E-state index in [4.69, 9.17) is 10.5 Å². The first kappa shape index (κ1) is 17.3. The van der Waals surface area contributed by atoms with Gasteiger partial charge < -0.3 is 15.8 Å². The highest BCUT2D eigenvalue weighted by molar-refractivity contribution is 5.83. The summed E-state index contributed by atoms with van der Waals surface area (Å²) < 4.78 is 19.7. The topological polar surface area (TPSA) is 67.6 Å². The summed E-state index contributed by atoms with van der Waals surface area (Å²) in [6.07, 6.45) is 3.07. The highest BCUT2D eigenvalue weighted by Crippen LogP contribution is 2.28. The summed E-state index contributed by atoms with van der Waals surface area (Å²) in [6.45, 7) is 2.95. The van der Waals surface area contributed by atoms with Gasteiger partial charge in [0.2, 0.25) is 5.91 Å². The van der Waals surface area contributed by atoms with Crippen molar-refractivity contribution in [3.8, 4) is 0 Å². The van der Waals surface area contributed by atoms with Gasteiger partial charge in [-0.05, 0) is 31.4 Å². The number of ether oxygens (including phenoxy) is 1. The van der Waals surface area contributed by atoms with E-state index < -0.39 is 6.04 Å². The van der Waals surface area contributed by atoms with Gasteiger partial charge in [0.1, 0.15) is 11.9 Å². The van der Waals surface area contributed by atoms with Crippen LogP contribution in [0.2, 0.25) is 0 Å². The van der Waals surface area contributed by atoms with Gasteiger partial charge in [-0.1, -0.05) is 24.6 Å². The molecule has 1 saturated heterocycles. The number of benzene rings is 1. The van der Waals surface area contributed by atoms with Gasteiger partial charge >= 0.3 is 0 Å². The third-order valence-electron chi connectivity index (χ3n) is 5.15. The van der Waals surface area contributed by atoms with E-state index in [0.29, 0.717) is 44.3 Å². The van der Waals surface area contributed by atoms with E-state index in [1.54, 1.807) is 18.2 Å². The smallest absolute Gasteiger partial charge is 0.242 e. The van der Waals surface area contributed by atoms with E-state index in [-0.39, 0.29) is 17.8 Å². The second-order valence-electron chi connectivity index (χ2n) is 6.61. The Hall–Kier alpha value is -1.50. The number of hydrogen-bond acceptors (Lipinski definition) is 4. The summed E-state index contributed by atoms with van der Waals surface area (Å²) in [5.74, 6) is -0.154. The molecule has 24 heavy (non-hydrogen) atoms. The Balaban J connectivity index is 1.81. The van der Waals surface area contributed by atoms with Crippen LogP contribution < -0.4 is 11.1 Å². The van der Waals surface area contributed by atoms with Crippen LogP contribution >= 0.6 is 0 Å². The molecule has 6 heteroatoms. The van der Waals surface area contributed by atoms with Gasteiger partial charge in [-0.2, -0.15) is 0 Å². The third kappa shape index (κ3) is 3.77. The number of halogens is 1. The molecule has 3 atom stereocenters. The molecule has 1 aliphatic carbocycles. The summed E-state index contributed by atoms with van der Waals surface area (Å²) in [4.78, 5) is 15.0.